The van der Waals surface area contributed by atoms with Crippen molar-refractivity contribution >= 4 is 0 Å². The van der Waals surface area contributed by atoms with Gasteiger partial charge in [-0.1, -0.05) is 57.7 Å². The summed E-state index contributed by atoms with van der Waals surface area (Å²) >= 11 is 0. The Labute approximate surface area is 119 Å². The summed E-state index contributed by atoms with van der Waals surface area (Å²) in [6.07, 6.45) is 10.9. The highest BCUT2D eigenvalue weighted by molar-refractivity contribution is 5.30. The topological polar surface area (TPSA) is 20.2 Å². The lowest BCUT2D eigenvalue weighted by atomic mass is 9.97. The zero-order chi connectivity index (χ0) is 13.9. The van der Waals surface area contributed by atoms with Crippen molar-refractivity contribution in [1.29, 1.82) is 0 Å². The summed E-state index contributed by atoms with van der Waals surface area (Å²) in [6.45, 7) is 4.75. The van der Waals surface area contributed by atoms with Crippen molar-refractivity contribution in [1.82, 2.24) is 0 Å². The van der Waals surface area contributed by atoms with E-state index in [1.165, 1.54) is 68.1 Å². The van der Waals surface area contributed by atoms with Gasteiger partial charge in [0.25, 0.3) is 0 Å². The van der Waals surface area contributed by atoms with Crippen LogP contribution in [0.2, 0.25) is 0 Å². The van der Waals surface area contributed by atoms with Gasteiger partial charge in [-0.15, -0.1) is 0 Å². The van der Waals surface area contributed by atoms with Gasteiger partial charge in [0.1, 0.15) is 0 Å². The molecule has 0 bridgehead atoms. The smallest absolute Gasteiger partial charge is 0.0471 e. The fourth-order valence-electron chi connectivity index (χ4n) is 2.56. The summed E-state index contributed by atoms with van der Waals surface area (Å²) in [7, 11) is 0. The van der Waals surface area contributed by atoms with E-state index >= 15 is 0 Å². The van der Waals surface area contributed by atoms with Crippen molar-refractivity contribution in [2.75, 3.05) is 6.61 Å². The predicted molar refractivity (Wildman–Crippen MR) is 83.7 cm³/mol. The standard InChI is InChI=1S/C18H30O/c1-3-5-7-9-16-13-17(10-8-6-4-2)15-18(14-16)11-12-19/h13-15,19H,3-12H2,1-2H3. The molecule has 0 aliphatic heterocycles. The van der Waals surface area contributed by atoms with Gasteiger partial charge in [-0.05, 0) is 48.8 Å². The first-order chi connectivity index (χ1) is 9.30. The van der Waals surface area contributed by atoms with Gasteiger partial charge in [-0.2, -0.15) is 0 Å². The summed E-state index contributed by atoms with van der Waals surface area (Å²) in [4.78, 5) is 0. The normalized spacial score (nSPS) is 10.9. The van der Waals surface area contributed by atoms with E-state index in [9.17, 15) is 0 Å². The molecule has 0 amide bonds. The third kappa shape index (κ3) is 6.77. The van der Waals surface area contributed by atoms with Gasteiger partial charge in [-0.3, -0.25) is 0 Å². The van der Waals surface area contributed by atoms with Gasteiger partial charge in [0.05, 0.1) is 0 Å². The van der Waals surface area contributed by atoms with Crippen LogP contribution in [0.15, 0.2) is 18.2 Å². The Bertz CT molecular complexity index is 315. The van der Waals surface area contributed by atoms with Crippen LogP contribution in [0.3, 0.4) is 0 Å². The second-order valence-electron chi connectivity index (χ2n) is 5.55. The Morgan fingerprint density at radius 1 is 0.684 bits per heavy atom. The Hall–Kier alpha value is -0.820. The summed E-state index contributed by atoms with van der Waals surface area (Å²) in [6, 6.07) is 6.95. The molecule has 0 heterocycles. The minimum Gasteiger partial charge on any atom is -0.396 e. The molecule has 0 spiro atoms. The molecule has 1 rings (SSSR count). The van der Waals surface area contributed by atoms with Crippen LogP contribution in [-0.2, 0) is 19.3 Å². The first-order valence-corrected chi connectivity index (χ1v) is 8.02. The van der Waals surface area contributed by atoms with Gasteiger partial charge < -0.3 is 5.11 Å². The molecule has 0 aromatic heterocycles. The first kappa shape index (κ1) is 16.2. The van der Waals surface area contributed by atoms with Crippen molar-refractivity contribution < 1.29 is 5.11 Å². The molecule has 19 heavy (non-hydrogen) atoms. The molecular weight excluding hydrogens is 232 g/mol. The molecule has 0 aliphatic rings. The SMILES string of the molecule is CCCCCc1cc(CCO)cc(CCCCC)c1. The van der Waals surface area contributed by atoms with E-state index in [2.05, 4.69) is 32.0 Å². The third-order valence-electron chi connectivity index (χ3n) is 3.65. The summed E-state index contributed by atoms with van der Waals surface area (Å²) < 4.78 is 0. The molecule has 0 fully saturated rings. The molecule has 1 nitrogen and oxygen atoms in total. The van der Waals surface area contributed by atoms with Crippen molar-refractivity contribution in [3.63, 3.8) is 0 Å². The molecule has 1 heteroatoms. The second kappa shape index (κ2) is 10.0. The summed E-state index contributed by atoms with van der Waals surface area (Å²) in [5, 5.41) is 9.13. The van der Waals surface area contributed by atoms with Crippen LogP contribution in [0, 0.1) is 0 Å². The van der Waals surface area contributed by atoms with E-state index in [4.69, 9.17) is 5.11 Å². The van der Waals surface area contributed by atoms with Gasteiger partial charge in [0.15, 0.2) is 0 Å². The molecular formula is C18H30O. The Kier molecular flexibility index (Phi) is 8.57. The molecule has 1 aromatic carbocycles. The Balaban J connectivity index is 2.66. The number of benzene rings is 1. The fraction of sp³-hybridized carbons (Fsp3) is 0.667. The second-order valence-corrected chi connectivity index (χ2v) is 5.55. The van der Waals surface area contributed by atoms with E-state index < -0.39 is 0 Å². The van der Waals surface area contributed by atoms with Gasteiger partial charge >= 0.3 is 0 Å². The van der Waals surface area contributed by atoms with E-state index in [-0.39, 0.29) is 6.61 Å². The number of hydrogen-bond donors (Lipinski definition) is 1. The lowest BCUT2D eigenvalue weighted by Gasteiger charge is -2.09. The molecule has 0 saturated carbocycles. The number of aliphatic hydroxyl groups is 1. The molecule has 0 unspecified atom stereocenters. The monoisotopic (exact) mass is 262 g/mol. The Morgan fingerprint density at radius 2 is 1.11 bits per heavy atom. The van der Waals surface area contributed by atoms with Crippen LogP contribution >= 0.6 is 0 Å². The lowest BCUT2D eigenvalue weighted by molar-refractivity contribution is 0.299. The number of aliphatic hydroxyl groups excluding tert-OH is 1. The van der Waals surface area contributed by atoms with Crippen LogP contribution in [0.1, 0.15) is 69.1 Å². The lowest BCUT2D eigenvalue weighted by Crippen LogP contribution is -1.97. The molecule has 1 N–H and O–H groups in total. The van der Waals surface area contributed by atoms with Crippen molar-refractivity contribution in [2.45, 2.75) is 71.6 Å². The maximum absolute atomic E-state index is 9.13. The maximum Gasteiger partial charge on any atom is 0.0471 e. The van der Waals surface area contributed by atoms with Gasteiger partial charge in [0, 0.05) is 6.61 Å². The largest absolute Gasteiger partial charge is 0.396 e. The highest BCUT2D eigenvalue weighted by Crippen LogP contribution is 2.16. The quantitative estimate of drug-likeness (QED) is 0.607. The number of aryl methyl sites for hydroxylation is 2. The fourth-order valence-corrected chi connectivity index (χ4v) is 2.56. The van der Waals surface area contributed by atoms with E-state index in [0.29, 0.717) is 0 Å². The van der Waals surface area contributed by atoms with E-state index in [1.54, 1.807) is 0 Å². The highest BCUT2D eigenvalue weighted by Gasteiger charge is 2.02. The molecule has 1 aromatic rings. The molecule has 108 valence electrons. The van der Waals surface area contributed by atoms with Crippen LogP contribution < -0.4 is 0 Å². The molecule has 0 aliphatic carbocycles. The molecule has 0 saturated heterocycles. The van der Waals surface area contributed by atoms with E-state index in [0.717, 1.165) is 6.42 Å². The summed E-state index contributed by atoms with van der Waals surface area (Å²) in [5.41, 5.74) is 4.24. The number of rotatable bonds is 10. The predicted octanol–water partition coefficient (Wildman–Crippen LogP) is 4.69. The van der Waals surface area contributed by atoms with Crippen molar-refractivity contribution in [3.8, 4) is 0 Å². The molecule has 0 radical (unpaired) electrons. The number of unbranched alkanes of at least 4 members (excludes halogenated alkanes) is 4. The van der Waals surface area contributed by atoms with Gasteiger partial charge in [-0.25, -0.2) is 0 Å². The number of hydrogen-bond acceptors (Lipinski definition) is 1. The minimum atomic E-state index is 0.257. The van der Waals surface area contributed by atoms with Gasteiger partial charge in [0.2, 0.25) is 0 Å². The maximum atomic E-state index is 9.13. The first-order valence-electron chi connectivity index (χ1n) is 8.02. The third-order valence-corrected chi connectivity index (χ3v) is 3.65. The average molecular weight is 262 g/mol. The van der Waals surface area contributed by atoms with Crippen LogP contribution in [-0.4, -0.2) is 11.7 Å². The van der Waals surface area contributed by atoms with Crippen LogP contribution in [0.4, 0.5) is 0 Å². The minimum absolute atomic E-state index is 0.257. The van der Waals surface area contributed by atoms with Crippen LogP contribution in [0.25, 0.3) is 0 Å². The zero-order valence-corrected chi connectivity index (χ0v) is 12.8. The van der Waals surface area contributed by atoms with Crippen LogP contribution in [0.5, 0.6) is 0 Å². The molecule has 0 atom stereocenters. The van der Waals surface area contributed by atoms with E-state index in [1.807, 2.05) is 0 Å². The Morgan fingerprint density at radius 3 is 1.47 bits per heavy atom. The van der Waals surface area contributed by atoms with Crippen molar-refractivity contribution in [2.24, 2.45) is 0 Å². The highest BCUT2D eigenvalue weighted by atomic mass is 16.2. The van der Waals surface area contributed by atoms with Crippen molar-refractivity contribution in [3.05, 3.63) is 34.9 Å². The average Bonchev–Trinajstić information content (AvgIpc) is 2.40. The zero-order valence-electron chi connectivity index (χ0n) is 12.8. The summed E-state index contributed by atoms with van der Waals surface area (Å²) in [5.74, 6) is 0.